The largest absolute Gasteiger partial charge is 0.466 e. The minimum Gasteiger partial charge on any atom is -0.466 e. The van der Waals surface area contributed by atoms with Crippen LogP contribution in [0.5, 0.6) is 0 Å². The number of carbonyl (C=O) groups excluding carboxylic acids is 1. The molecule has 0 aromatic carbocycles. The minimum absolute atomic E-state index is 0.0284. The van der Waals surface area contributed by atoms with Crippen molar-refractivity contribution in [2.24, 2.45) is 0 Å². The minimum atomic E-state index is 0.0284. The SMILES string of the molecule is CCCCCCCCCCCCCCCCCCOC(=O)CCCCCCCCCCCCCCCCC.CNC. The molecule has 0 unspecified atom stereocenters. The van der Waals surface area contributed by atoms with E-state index in [0.717, 1.165) is 12.8 Å². The first kappa shape index (κ1) is 42.6. The maximum absolute atomic E-state index is 11.9. The molecule has 0 radical (unpaired) electrons. The molecule has 0 aromatic rings. The summed E-state index contributed by atoms with van der Waals surface area (Å²) in [5.41, 5.74) is 0. The molecule has 248 valence electrons. The van der Waals surface area contributed by atoms with Crippen molar-refractivity contribution in [3.05, 3.63) is 0 Å². The molecule has 0 rings (SSSR count). The van der Waals surface area contributed by atoms with Gasteiger partial charge in [-0.05, 0) is 26.9 Å². The zero-order chi connectivity index (χ0) is 30.3. The van der Waals surface area contributed by atoms with Gasteiger partial charge in [-0.15, -0.1) is 0 Å². The highest BCUT2D eigenvalue weighted by Gasteiger charge is 2.03. The van der Waals surface area contributed by atoms with E-state index in [2.05, 4.69) is 19.2 Å². The van der Waals surface area contributed by atoms with Gasteiger partial charge in [0, 0.05) is 6.42 Å². The molecular weight excluding hydrogens is 502 g/mol. The fourth-order valence-corrected chi connectivity index (χ4v) is 5.55. The molecule has 3 nitrogen and oxygen atoms in total. The van der Waals surface area contributed by atoms with Crippen molar-refractivity contribution in [1.29, 1.82) is 0 Å². The van der Waals surface area contributed by atoms with Crippen LogP contribution in [0.4, 0.5) is 0 Å². The molecule has 1 N–H and O–H groups in total. The number of hydrogen-bond acceptors (Lipinski definition) is 3. The van der Waals surface area contributed by atoms with Crippen LogP contribution in [0.1, 0.15) is 219 Å². The van der Waals surface area contributed by atoms with E-state index in [4.69, 9.17) is 4.74 Å². The maximum Gasteiger partial charge on any atom is 0.305 e. The van der Waals surface area contributed by atoms with Gasteiger partial charge in [0.25, 0.3) is 0 Å². The average Bonchev–Trinajstić information content (AvgIpc) is 2.97. The van der Waals surface area contributed by atoms with Gasteiger partial charge in [-0.3, -0.25) is 4.79 Å². The fourth-order valence-electron chi connectivity index (χ4n) is 5.55. The second-order valence-electron chi connectivity index (χ2n) is 12.7. The molecule has 0 saturated carbocycles. The van der Waals surface area contributed by atoms with Gasteiger partial charge < -0.3 is 10.1 Å². The number of unbranched alkanes of at least 4 members (excludes halogenated alkanes) is 29. The third kappa shape index (κ3) is 44.0. The molecule has 0 aliphatic rings. The molecule has 0 saturated heterocycles. The first-order chi connectivity index (χ1) is 20.2. The zero-order valence-electron chi connectivity index (χ0n) is 29.2. The Hall–Kier alpha value is -0.570. The molecule has 0 bridgehead atoms. The van der Waals surface area contributed by atoms with Gasteiger partial charge in [0.1, 0.15) is 0 Å². The quantitative estimate of drug-likeness (QED) is 0.0618. The first-order valence-corrected chi connectivity index (χ1v) is 19.0. The maximum atomic E-state index is 11.9. The Morgan fingerprint density at radius 2 is 0.610 bits per heavy atom. The first-order valence-electron chi connectivity index (χ1n) is 19.0. The van der Waals surface area contributed by atoms with E-state index in [9.17, 15) is 4.79 Å². The van der Waals surface area contributed by atoms with E-state index >= 15 is 0 Å². The summed E-state index contributed by atoms with van der Waals surface area (Å²) in [5, 5.41) is 2.75. The van der Waals surface area contributed by atoms with Crippen LogP contribution in [-0.4, -0.2) is 26.7 Å². The van der Waals surface area contributed by atoms with Gasteiger partial charge in [0.15, 0.2) is 0 Å². The number of nitrogens with one attached hydrogen (secondary N) is 1. The van der Waals surface area contributed by atoms with Crippen LogP contribution in [0.15, 0.2) is 0 Å². The molecule has 0 heterocycles. The number of rotatable bonds is 33. The Balaban J connectivity index is 0. The molecule has 0 aromatic heterocycles. The predicted octanol–water partition coefficient (Wildman–Crippen LogP) is 12.9. The van der Waals surface area contributed by atoms with Crippen molar-refractivity contribution >= 4 is 5.97 Å². The molecule has 0 aliphatic carbocycles. The summed E-state index contributed by atoms with van der Waals surface area (Å²) in [4.78, 5) is 11.9. The Morgan fingerprint density at radius 3 is 0.878 bits per heavy atom. The highest BCUT2D eigenvalue weighted by molar-refractivity contribution is 5.69. The fraction of sp³-hybridized carbons (Fsp3) is 0.974. The molecule has 0 fully saturated rings. The highest BCUT2D eigenvalue weighted by atomic mass is 16.5. The van der Waals surface area contributed by atoms with E-state index in [1.54, 1.807) is 0 Å². The molecule has 41 heavy (non-hydrogen) atoms. The lowest BCUT2D eigenvalue weighted by Crippen LogP contribution is -2.05. The summed E-state index contributed by atoms with van der Waals surface area (Å²) < 4.78 is 5.44. The van der Waals surface area contributed by atoms with Gasteiger partial charge >= 0.3 is 5.97 Å². The number of carbonyl (C=O) groups is 1. The summed E-state index contributed by atoms with van der Waals surface area (Å²) in [5.74, 6) is 0.0284. The van der Waals surface area contributed by atoms with Gasteiger partial charge in [0.2, 0.25) is 0 Å². The molecular formula is C38H79NO2. The van der Waals surface area contributed by atoms with E-state index in [0.29, 0.717) is 13.0 Å². The van der Waals surface area contributed by atoms with Crippen LogP contribution in [-0.2, 0) is 9.53 Å². The molecule has 0 amide bonds. The van der Waals surface area contributed by atoms with Crippen LogP contribution in [0.2, 0.25) is 0 Å². The smallest absolute Gasteiger partial charge is 0.305 e. The van der Waals surface area contributed by atoms with Crippen molar-refractivity contribution in [2.45, 2.75) is 219 Å². The second-order valence-corrected chi connectivity index (χ2v) is 12.7. The van der Waals surface area contributed by atoms with Gasteiger partial charge in [-0.25, -0.2) is 0 Å². The summed E-state index contributed by atoms with van der Waals surface area (Å²) >= 11 is 0. The van der Waals surface area contributed by atoms with Crippen LogP contribution in [0.25, 0.3) is 0 Å². The van der Waals surface area contributed by atoms with Gasteiger partial charge in [-0.1, -0.05) is 200 Å². The number of hydrogen-bond donors (Lipinski definition) is 1. The lowest BCUT2D eigenvalue weighted by Gasteiger charge is -2.06. The van der Waals surface area contributed by atoms with E-state index < -0.39 is 0 Å². The third-order valence-corrected chi connectivity index (χ3v) is 8.25. The van der Waals surface area contributed by atoms with Crippen molar-refractivity contribution in [3.63, 3.8) is 0 Å². The average molecular weight is 582 g/mol. The molecule has 3 heteroatoms. The second kappa shape index (κ2) is 41.6. The normalized spacial score (nSPS) is 10.9. The van der Waals surface area contributed by atoms with E-state index in [1.807, 2.05) is 14.1 Å². The van der Waals surface area contributed by atoms with Crippen LogP contribution < -0.4 is 5.32 Å². The predicted molar refractivity (Wildman–Crippen MR) is 185 cm³/mol. The summed E-state index contributed by atoms with van der Waals surface area (Å²) in [6, 6.07) is 0. The third-order valence-electron chi connectivity index (χ3n) is 8.25. The Morgan fingerprint density at radius 1 is 0.390 bits per heavy atom. The standard InChI is InChI=1S/C36H72O2.C2H7N/c1-3-5-7-9-11-13-15-17-19-21-23-25-27-29-31-33-35-38-36(37)34-32-30-28-26-24-22-20-18-16-14-12-10-8-6-4-2;1-3-2/h3-35H2,1-2H3;3H,1-2H3. The Labute approximate surface area is 260 Å². The van der Waals surface area contributed by atoms with E-state index in [-0.39, 0.29) is 5.97 Å². The summed E-state index contributed by atoms with van der Waals surface area (Å²) in [6.07, 6.45) is 43.1. The van der Waals surface area contributed by atoms with E-state index in [1.165, 1.54) is 186 Å². The molecule has 0 aliphatic heterocycles. The van der Waals surface area contributed by atoms with Crippen LogP contribution >= 0.6 is 0 Å². The highest BCUT2D eigenvalue weighted by Crippen LogP contribution is 2.15. The lowest BCUT2D eigenvalue weighted by molar-refractivity contribution is -0.143. The number of ether oxygens (including phenoxy) is 1. The monoisotopic (exact) mass is 582 g/mol. The van der Waals surface area contributed by atoms with Crippen LogP contribution in [0.3, 0.4) is 0 Å². The lowest BCUT2D eigenvalue weighted by atomic mass is 10.0. The Kier molecular flexibility index (Phi) is 43.1. The van der Waals surface area contributed by atoms with Gasteiger partial charge in [0.05, 0.1) is 6.61 Å². The number of esters is 1. The molecule has 0 atom stereocenters. The van der Waals surface area contributed by atoms with Crippen molar-refractivity contribution < 1.29 is 9.53 Å². The van der Waals surface area contributed by atoms with Gasteiger partial charge in [-0.2, -0.15) is 0 Å². The Bertz CT molecular complexity index is 454. The van der Waals surface area contributed by atoms with Crippen molar-refractivity contribution in [1.82, 2.24) is 5.32 Å². The molecule has 0 spiro atoms. The van der Waals surface area contributed by atoms with Crippen molar-refractivity contribution in [3.8, 4) is 0 Å². The zero-order valence-corrected chi connectivity index (χ0v) is 29.2. The summed E-state index contributed by atoms with van der Waals surface area (Å²) in [7, 11) is 3.75. The van der Waals surface area contributed by atoms with Crippen molar-refractivity contribution in [2.75, 3.05) is 20.7 Å². The topological polar surface area (TPSA) is 38.3 Å². The summed E-state index contributed by atoms with van der Waals surface area (Å²) in [6.45, 7) is 5.22. The van der Waals surface area contributed by atoms with Crippen LogP contribution in [0, 0.1) is 0 Å².